The summed E-state index contributed by atoms with van der Waals surface area (Å²) in [7, 11) is 0. The second-order valence-electron chi connectivity index (χ2n) is 10.4. The number of ether oxygens (including phenoxy) is 1. The monoisotopic (exact) mass is 620 g/mol. The first-order valence-corrected chi connectivity index (χ1v) is 14.2. The highest BCUT2D eigenvalue weighted by atomic mass is 35.5. The van der Waals surface area contributed by atoms with Gasteiger partial charge in [0.1, 0.15) is 12.6 Å². The summed E-state index contributed by atoms with van der Waals surface area (Å²) in [4.78, 5) is 60.4. The van der Waals surface area contributed by atoms with Gasteiger partial charge in [0.2, 0.25) is 6.10 Å². The lowest BCUT2D eigenvalue weighted by Gasteiger charge is -2.39. The average molecular weight is 621 g/mol. The first kappa shape index (κ1) is 29.3. The number of carboxylic acids is 1. The summed E-state index contributed by atoms with van der Waals surface area (Å²) in [6.45, 7) is 0.781. The van der Waals surface area contributed by atoms with Gasteiger partial charge in [0.25, 0.3) is 17.7 Å². The molecule has 11 nitrogen and oxygen atoms in total. The van der Waals surface area contributed by atoms with Gasteiger partial charge in [-0.1, -0.05) is 35.0 Å². The standard InChI is InChI=1S/C31H26ClFN4O7/c32-22-5-1-4-21(27(22)33)23-15-25(44-35-23)30(40)37-12-11-19-20(3-2-6-24(19)36-13-14-43-16-26(36)38)28(37)29(39)34-18-9-7-17(8-10-18)31(41)42/h1-10,25,28H,11-16H2,(H,34,39)(H,41,42)/t25?,28-/m1/s1. The van der Waals surface area contributed by atoms with Crippen LogP contribution in [-0.4, -0.2) is 71.8 Å². The zero-order valence-electron chi connectivity index (χ0n) is 23.2. The number of amides is 3. The second kappa shape index (κ2) is 12.1. The zero-order valence-corrected chi connectivity index (χ0v) is 23.9. The van der Waals surface area contributed by atoms with Crippen LogP contribution in [0.5, 0.6) is 0 Å². The number of anilines is 2. The summed E-state index contributed by atoms with van der Waals surface area (Å²) in [6, 6.07) is 14.2. The number of hydrogen-bond donors (Lipinski definition) is 2. The van der Waals surface area contributed by atoms with Gasteiger partial charge in [-0.3, -0.25) is 14.4 Å². The van der Waals surface area contributed by atoms with Crippen LogP contribution in [0.3, 0.4) is 0 Å². The van der Waals surface area contributed by atoms with Crippen LogP contribution in [-0.2, 0) is 30.4 Å². The lowest BCUT2D eigenvalue weighted by molar-refractivity contribution is -0.148. The largest absolute Gasteiger partial charge is 0.478 e. The summed E-state index contributed by atoms with van der Waals surface area (Å²) in [5.74, 6) is -3.06. The summed E-state index contributed by atoms with van der Waals surface area (Å²) >= 11 is 5.93. The Bertz CT molecular complexity index is 1700. The van der Waals surface area contributed by atoms with Crippen LogP contribution in [0.1, 0.15) is 39.5 Å². The van der Waals surface area contributed by atoms with E-state index < -0.39 is 35.7 Å². The van der Waals surface area contributed by atoms with Crippen molar-refractivity contribution in [2.75, 3.05) is 36.5 Å². The molecule has 1 unspecified atom stereocenters. The SMILES string of the molecule is O=C(O)c1ccc(NC(=O)[C@H]2c3cccc(N4CCOCC4=O)c3CCN2C(=O)C2CC(c3cccc(Cl)c3F)=NO2)cc1. The Morgan fingerprint density at radius 2 is 1.82 bits per heavy atom. The Morgan fingerprint density at radius 1 is 1.05 bits per heavy atom. The molecule has 0 radical (unpaired) electrons. The van der Waals surface area contributed by atoms with Gasteiger partial charge in [-0.05, 0) is 60.0 Å². The second-order valence-corrected chi connectivity index (χ2v) is 10.8. The molecule has 2 N–H and O–H groups in total. The van der Waals surface area contributed by atoms with Crippen molar-refractivity contribution in [3.8, 4) is 0 Å². The minimum atomic E-state index is -1.13. The third-order valence-electron chi connectivity index (χ3n) is 7.81. The highest BCUT2D eigenvalue weighted by Gasteiger charge is 2.42. The molecule has 1 fully saturated rings. The van der Waals surface area contributed by atoms with Crippen molar-refractivity contribution in [3.05, 3.63) is 93.8 Å². The average Bonchev–Trinajstić information content (AvgIpc) is 3.52. The molecule has 13 heteroatoms. The predicted octanol–water partition coefficient (Wildman–Crippen LogP) is 3.80. The molecular formula is C31H26ClFN4O7. The number of carboxylic acid groups (broad SMARTS) is 1. The van der Waals surface area contributed by atoms with Crippen molar-refractivity contribution < 1.29 is 38.2 Å². The maximum Gasteiger partial charge on any atom is 0.335 e. The molecule has 3 aromatic carbocycles. The number of aromatic carboxylic acids is 1. The Labute approximate surface area is 255 Å². The molecule has 3 heterocycles. The molecular weight excluding hydrogens is 595 g/mol. The van der Waals surface area contributed by atoms with Crippen molar-refractivity contribution in [2.45, 2.75) is 25.0 Å². The molecule has 3 aliphatic heterocycles. The van der Waals surface area contributed by atoms with Crippen LogP contribution in [0.25, 0.3) is 0 Å². The van der Waals surface area contributed by atoms with Gasteiger partial charge < -0.3 is 29.8 Å². The number of carbonyl (C=O) groups excluding carboxylic acids is 3. The minimum Gasteiger partial charge on any atom is -0.478 e. The maximum atomic E-state index is 14.7. The van der Waals surface area contributed by atoms with E-state index in [9.17, 15) is 28.7 Å². The van der Waals surface area contributed by atoms with Gasteiger partial charge in [-0.2, -0.15) is 0 Å². The first-order chi connectivity index (χ1) is 21.2. The number of nitrogens with zero attached hydrogens (tertiary/aromatic N) is 3. The van der Waals surface area contributed by atoms with Gasteiger partial charge in [-0.15, -0.1) is 0 Å². The van der Waals surface area contributed by atoms with E-state index in [0.717, 1.165) is 5.56 Å². The van der Waals surface area contributed by atoms with Gasteiger partial charge >= 0.3 is 5.97 Å². The van der Waals surface area contributed by atoms with E-state index in [1.54, 1.807) is 29.2 Å². The molecule has 0 saturated carbocycles. The Morgan fingerprint density at radius 3 is 2.57 bits per heavy atom. The lowest BCUT2D eigenvalue weighted by atomic mass is 9.89. The number of fused-ring (bicyclic) bond motifs is 1. The molecule has 3 amide bonds. The molecule has 226 valence electrons. The number of halogens is 2. The van der Waals surface area contributed by atoms with Gasteiger partial charge in [0, 0.05) is 36.4 Å². The quantitative estimate of drug-likeness (QED) is 0.428. The molecule has 0 bridgehead atoms. The number of oxime groups is 1. The van der Waals surface area contributed by atoms with E-state index in [1.165, 1.54) is 41.3 Å². The van der Waals surface area contributed by atoms with Crippen molar-refractivity contribution >= 4 is 52.4 Å². The van der Waals surface area contributed by atoms with Gasteiger partial charge in [0.05, 0.1) is 22.9 Å². The summed E-state index contributed by atoms with van der Waals surface area (Å²) in [6.07, 6.45) is -0.797. The van der Waals surface area contributed by atoms with Crippen molar-refractivity contribution in [1.29, 1.82) is 0 Å². The van der Waals surface area contributed by atoms with E-state index in [4.69, 9.17) is 21.2 Å². The third-order valence-corrected chi connectivity index (χ3v) is 8.10. The van der Waals surface area contributed by atoms with Crippen molar-refractivity contribution in [2.24, 2.45) is 5.16 Å². The van der Waals surface area contributed by atoms with Crippen LogP contribution < -0.4 is 10.2 Å². The molecule has 3 aliphatic rings. The van der Waals surface area contributed by atoms with E-state index in [-0.39, 0.29) is 47.3 Å². The van der Waals surface area contributed by atoms with Crippen LogP contribution in [0.15, 0.2) is 65.8 Å². The maximum absolute atomic E-state index is 14.7. The normalized spacial score (nSPS) is 19.6. The molecule has 0 aliphatic carbocycles. The topological polar surface area (TPSA) is 138 Å². The number of morpholine rings is 1. The summed E-state index contributed by atoms with van der Waals surface area (Å²) < 4.78 is 20.0. The fourth-order valence-corrected chi connectivity index (χ4v) is 5.86. The first-order valence-electron chi connectivity index (χ1n) is 13.8. The molecule has 6 rings (SSSR count). The van der Waals surface area contributed by atoms with Crippen LogP contribution in [0, 0.1) is 5.82 Å². The Hall–Kier alpha value is -4.81. The Balaban J connectivity index is 1.32. The number of rotatable bonds is 6. The van der Waals surface area contributed by atoms with Crippen molar-refractivity contribution in [3.63, 3.8) is 0 Å². The highest BCUT2D eigenvalue weighted by Crippen LogP contribution is 2.38. The fourth-order valence-electron chi connectivity index (χ4n) is 5.68. The number of carbonyl (C=O) groups is 4. The highest BCUT2D eigenvalue weighted by molar-refractivity contribution is 6.31. The molecule has 44 heavy (non-hydrogen) atoms. The predicted molar refractivity (Wildman–Crippen MR) is 157 cm³/mol. The molecule has 0 spiro atoms. The third kappa shape index (κ3) is 5.49. The Kier molecular flexibility index (Phi) is 8.02. The van der Waals surface area contributed by atoms with Crippen LogP contribution in [0.2, 0.25) is 5.02 Å². The number of hydrogen-bond acceptors (Lipinski definition) is 7. The smallest absolute Gasteiger partial charge is 0.335 e. The van der Waals surface area contributed by atoms with E-state index >= 15 is 0 Å². The molecule has 0 aromatic heterocycles. The number of nitrogens with one attached hydrogen (secondary N) is 1. The minimum absolute atomic E-state index is 0.0350. The summed E-state index contributed by atoms with van der Waals surface area (Å²) in [5.41, 5.74) is 2.64. The van der Waals surface area contributed by atoms with Crippen LogP contribution >= 0.6 is 11.6 Å². The molecule has 3 aromatic rings. The van der Waals surface area contributed by atoms with Gasteiger partial charge in [-0.25, -0.2) is 9.18 Å². The number of benzene rings is 3. The summed E-state index contributed by atoms with van der Waals surface area (Å²) in [5, 5.41) is 15.9. The van der Waals surface area contributed by atoms with Crippen LogP contribution in [0.4, 0.5) is 15.8 Å². The molecule has 2 atom stereocenters. The molecule has 1 saturated heterocycles. The zero-order chi connectivity index (χ0) is 31.0. The van der Waals surface area contributed by atoms with E-state index in [0.29, 0.717) is 36.5 Å². The van der Waals surface area contributed by atoms with E-state index in [2.05, 4.69) is 10.5 Å². The van der Waals surface area contributed by atoms with Gasteiger partial charge in [0.15, 0.2) is 5.82 Å². The van der Waals surface area contributed by atoms with E-state index in [1.807, 2.05) is 0 Å². The van der Waals surface area contributed by atoms with Crippen molar-refractivity contribution in [1.82, 2.24) is 4.90 Å². The lowest BCUT2D eigenvalue weighted by Crippen LogP contribution is -2.50. The fraction of sp³-hybridized carbons (Fsp3) is 0.258.